The van der Waals surface area contributed by atoms with Crippen LogP contribution < -0.4 is 10.2 Å². The minimum absolute atomic E-state index is 0.434. The molecule has 0 aromatic carbocycles. The maximum Gasteiger partial charge on any atom is 0.258 e. The van der Waals surface area contributed by atoms with Crippen molar-refractivity contribution >= 4 is 17.0 Å². The summed E-state index contributed by atoms with van der Waals surface area (Å²) in [5, 5.41) is 7.30. The monoisotopic (exact) mass is 308 g/mol. The third-order valence-electron chi connectivity index (χ3n) is 4.79. The fourth-order valence-corrected chi connectivity index (χ4v) is 3.30. The van der Waals surface area contributed by atoms with E-state index in [9.17, 15) is 8.78 Å². The molecule has 22 heavy (non-hydrogen) atoms. The number of nitrogens with one attached hydrogen (secondary N) is 1. The quantitative estimate of drug-likeness (QED) is 0.926. The van der Waals surface area contributed by atoms with E-state index in [0.717, 1.165) is 44.8 Å². The molecule has 4 heterocycles. The van der Waals surface area contributed by atoms with Gasteiger partial charge in [-0.15, -0.1) is 0 Å². The van der Waals surface area contributed by atoms with Crippen molar-refractivity contribution in [3.8, 4) is 0 Å². The van der Waals surface area contributed by atoms with Crippen molar-refractivity contribution in [2.75, 3.05) is 31.1 Å². The summed E-state index contributed by atoms with van der Waals surface area (Å²) in [5.41, 5.74) is 1.45. The van der Waals surface area contributed by atoms with Crippen LogP contribution in [0.15, 0.2) is 12.4 Å². The van der Waals surface area contributed by atoms with Crippen molar-refractivity contribution in [1.29, 1.82) is 0 Å². The highest BCUT2D eigenvalue weighted by Gasteiger charge is 2.39. The van der Waals surface area contributed by atoms with E-state index >= 15 is 0 Å². The van der Waals surface area contributed by atoms with E-state index in [1.165, 1.54) is 10.9 Å². The van der Waals surface area contributed by atoms with Gasteiger partial charge in [0.2, 0.25) is 0 Å². The average Bonchev–Trinajstić information content (AvgIpc) is 2.87. The number of hydrogen-bond acceptors (Lipinski definition) is 5. The molecule has 0 saturated carbocycles. The zero-order chi connectivity index (χ0) is 15.2. The van der Waals surface area contributed by atoms with Crippen LogP contribution in [0.3, 0.4) is 0 Å². The molecule has 0 bridgehead atoms. The van der Waals surface area contributed by atoms with Crippen molar-refractivity contribution in [2.45, 2.75) is 25.8 Å². The fourth-order valence-electron chi connectivity index (χ4n) is 3.30. The molecule has 0 aliphatic carbocycles. The SMILES string of the molecule is FC(F)Cn1ncc2ncc(N3CCC4(CC3)CNC4)nc21. The van der Waals surface area contributed by atoms with Crippen molar-refractivity contribution in [3.05, 3.63) is 12.4 Å². The minimum Gasteiger partial charge on any atom is -0.355 e. The Morgan fingerprint density at radius 3 is 2.64 bits per heavy atom. The molecular formula is C14H18F2N6. The van der Waals surface area contributed by atoms with E-state index in [0.29, 0.717) is 16.6 Å². The third kappa shape index (κ3) is 2.31. The van der Waals surface area contributed by atoms with Gasteiger partial charge >= 0.3 is 0 Å². The first-order chi connectivity index (χ1) is 10.7. The summed E-state index contributed by atoms with van der Waals surface area (Å²) in [6.45, 7) is 3.63. The molecule has 2 fully saturated rings. The van der Waals surface area contributed by atoms with E-state index in [4.69, 9.17) is 0 Å². The number of nitrogens with zero attached hydrogens (tertiary/aromatic N) is 5. The second kappa shape index (κ2) is 5.12. The van der Waals surface area contributed by atoms with Gasteiger partial charge in [0.25, 0.3) is 6.43 Å². The van der Waals surface area contributed by atoms with Crippen LogP contribution in [0.2, 0.25) is 0 Å². The van der Waals surface area contributed by atoms with Crippen LogP contribution in [0.1, 0.15) is 12.8 Å². The largest absolute Gasteiger partial charge is 0.355 e. The fraction of sp³-hybridized carbons (Fsp3) is 0.643. The lowest BCUT2D eigenvalue weighted by molar-refractivity contribution is 0.123. The van der Waals surface area contributed by atoms with Gasteiger partial charge in [0.15, 0.2) is 5.65 Å². The van der Waals surface area contributed by atoms with Crippen LogP contribution in [0.25, 0.3) is 11.2 Å². The molecule has 118 valence electrons. The Hall–Kier alpha value is -1.83. The number of halogens is 2. The molecular weight excluding hydrogens is 290 g/mol. The van der Waals surface area contributed by atoms with E-state index in [-0.39, 0.29) is 0 Å². The molecule has 2 aromatic heterocycles. The smallest absolute Gasteiger partial charge is 0.258 e. The lowest BCUT2D eigenvalue weighted by Crippen LogP contribution is -2.58. The molecule has 4 rings (SSSR count). The van der Waals surface area contributed by atoms with Crippen molar-refractivity contribution in [1.82, 2.24) is 25.1 Å². The standard InChI is InChI=1S/C14H18F2N6/c15-11(16)7-22-13-10(5-19-22)18-6-12(20-13)21-3-1-14(2-4-21)8-17-9-14/h5-6,11,17H,1-4,7-9H2. The van der Waals surface area contributed by atoms with Gasteiger partial charge in [-0.05, 0) is 18.3 Å². The van der Waals surface area contributed by atoms with Gasteiger partial charge in [-0.2, -0.15) is 5.10 Å². The van der Waals surface area contributed by atoms with E-state index < -0.39 is 13.0 Å². The highest BCUT2D eigenvalue weighted by atomic mass is 19.3. The summed E-state index contributed by atoms with van der Waals surface area (Å²) in [7, 11) is 0. The van der Waals surface area contributed by atoms with Crippen molar-refractivity contribution in [3.63, 3.8) is 0 Å². The summed E-state index contributed by atoms with van der Waals surface area (Å²) >= 11 is 0. The molecule has 6 nitrogen and oxygen atoms in total. The number of aromatic nitrogens is 4. The molecule has 2 aromatic rings. The number of anilines is 1. The molecule has 2 aliphatic rings. The summed E-state index contributed by atoms with van der Waals surface area (Å²) in [6.07, 6.45) is 3.02. The van der Waals surface area contributed by atoms with Gasteiger partial charge in [0.05, 0.1) is 12.4 Å². The molecule has 0 amide bonds. The van der Waals surface area contributed by atoms with Gasteiger partial charge in [-0.1, -0.05) is 0 Å². The van der Waals surface area contributed by atoms with Crippen molar-refractivity contribution < 1.29 is 8.78 Å². The third-order valence-corrected chi connectivity index (χ3v) is 4.79. The van der Waals surface area contributed by atoms with Gasteiger partial charge in [0, 0.05) is 26.2 Å². The highest BCUT2D eigenvalue weighted by molar-refractivity contribution is 5.71. The number of hydrogen-bond donors (Lipinski definition) is 1. The van der Waals surface area contributed by atoms with Gasteiger partial charge in [-0.25, -0.2) is 23.4 Å². The maximum atomic E-state index is 12.6. The van der Waals surface area contributed by atoms with Gasteiger partial charge in [0.1, 0.15) is 17.9 Å². The summed E-state index contributed by atoms with van der Waals surface area (Å²) in [6, 6.07) is 0. The number of rotatable bonds is 3. The second-order valence-corrected chi connectivity index (χ2v) is 6.25. The number of piperidine rings is 1. The van der Waals surface area contributed by atoms with Gasteiger partial charge < -0.3 is 10.2 Å². The van der Waals surface area contributed by atoms with Crippen LogP contribution in [0.4, 0.5) is 14.6 Å². The lowest BCUT2D eigenvalue weighted by atomic mass is 9.73. The summed E-state index contributed by atoms with van der Waals surface area (Å²) in [4.78, 5) is 11.0. The van der Waals surface area contributed by atoms with Crippen LogP contribution in [0.5, 0.6) is 0 Å². The van der Waals surface area contributed by atoms with E-state index in [1.54, 1.807) is 6.20 Å². The van der Waals surface area contributed by atoms with Crippen LogP contribution in [-0.2, 0) is 6.54 Å². The zero-order valence-electron chi connectivity index (χ0n) is 12.2. The first-order valence-corrected chi connectivity index (χ1v) is 7.58. The summed E-state index contributed by atoms with van der Waals surface area (Å²) in [5.74, 6) is 0.755. The Morgan fingerprint density at radius 1 is 1.23 bits per heavy atom. The lowest BCUT2D eigenvalue weighted by Gasteiger charge is -2.48. The molecule has 2 aliphatic heterocycles. The zero-order valence-corrected chi connectivity index (χ0v) is 12.2. The topological polar surface area (TPSA) is 58.9 Å². The molecule has 1 N–H and O–H groups in total. The predicted octanol–water partition coefficient (Wildman–Crippen LogP) is 1.28. The summed E-state index contributed by atoms with van der Waals surface area (Å²) < 4.78 is 26.4. The first-order valence-electron chi connectivity index (χ1n) is 7.58. The molecule has 8 heteroatoms. The van der Waals surface area contributed by atoms with Crippen LogP contribution >= 0.6 is 0 Å². The predicted molar refractivity (Wildman–Crippen MR) is 78.1 cm³/mol. The van der Waals surface area contributed by atoms with E-state index in [1.807, 2.05) is 0 Å². The highest BCUT2D eigenvalue weighted by Crippen LogP contribution is 2.36. The first kappa shape index (κ1) is 13.8. The van der Waals surface area contributed by atoms with E-state index in [2.05, 4.69) is 25.3 Å². The Balaban J connectivity index is 1.56. The van der Waals surface area contributed by atoms with Crippen LogP contribution in [-0.4, -0.2) is 52.4 Å². The molecule has 0 radical (unpaired) electrons. The normalized spacial score (nSPS) is 20.8. The Labute approximate surface area is 126 Å². The van der Waals surface area contributed by atoms with Gasteiger partial charge in [-0.3, -0.25) is 0 Å². The molecule has 0 unspecified atom stereocenters. The second-order valence-electron chi connectivity index (χ2n) is 6.25. The van der Waals surface area contributed by atoms with Crippen LogP contribution in [0, 0.1) is 5.41 Å². The molecule has 0 atom stereocenters. The minimum atomic E-state index is -2.45. The number of fused-ring (bicyclic) bond motifs is 1. The average molecular weight is 308 g/mol. The molecule has 1 spiro atoms. The van der Waals surface area contributed by atoms with Crippen molar-refractivity contribution in [2.24, 2.45) is 5.41 Å². The Morgan fingerprint density at radius 2 is 2.00 bits per heavy atom. The molecule has 2 saturated heterocycles. The number of alkyl halides is 2. The Kier molecular flexibility index (Phi) is 3.21. The Bertz CT molecular complexity index is 671. The maximum absolute atomic E-state index is 12.6.